The lowest BCUT2D eigenvalue weighted by molar-refractivity contribution is -0.131. The molecule has 5 nitrogen and oxygen atoms in total. The summed E-state index contributed by atoms with van der Waals surface area (Å²) in [6, 6.07) is 4.38. The van der Waals surface area contributed by atoms with Crippen LogP contribution in [-0.4, -0.2) is 43.9 Å². The van der Waals surface area contributed by atoms with Gasteiger partial charge in [0.1, 0.15) is 5.82 Å². The van der Waals surface area contributed by atoms with E-state index >= 15 is 0 Å². The number of hydrogen-bond donors (Lipinski definition) is 2. The molecule has 0 aromatic heterocycles. The SMILES string of the molecule is O=C1CCN(CC2(CO)COC2)c2ccc(F)cc2N1. The summed E-state index contributed by atoms with van der Waals surface area (Å²) < 4.78 is 18.5. The number of fused-ring (bicyclic) bond motifs is 1. The highest BCUT2D eigenvalue weighted by Crippen LogP contribution is 2.34. The van der Waals surface area contributed by atoms with Crippen LogP contribution in [0.15, 0.2) is 18.2 Å². The van der Waals surface area contributed by atoms with Crippen LogP contribution in [0, 0.1) is 11.2 Å². The van der Waals surface area contributed by atoms with E-state index in [0.29, 0.717) is 38.4 Å². The maximum Gasteiger partial charge on any atom is 0.226 e. The molecule has 20 heavy (non-hydrogen) atoms. The number of carbonyl (C=O) groups excluding carboxylic acids is 1. The third-order valence-electron chi connectivity index (χ3n) is 3.86. The highest BCUT2D eigenvalue weighted by molar-refractivity contribution is 5.96. The zero-order valence-electron chi connectivity index (χ0n) is 11.1. The second-order valence-corrected chi connectivity index (χ2v) is 5.53. The topological polar surface area (TPSA) is 61.8 Å². The van der Waals surface area contributed by atoms with E-state index in [4.69, 9.17) is 4.74 Å². The Bertz CT molecular complexity index is 526. The van der Waals surface area contributed by atoms with Crippen LogP contribution in [0.25, 0.3) is 0 Å². The molecule has 2 aliphatic rings. The van der Waals surface area contributed by atoms with Gasteiger partial charge >= 0.3 is 0 Å². The van der Waals surface area contributed by atoms with E-state index in [1.807, 2.05) is 4.90 Å². The molecule has 0 radical (unpaired) electrons. The summed E-state index contributed by atoms with van der Waals surface area (Å²) >= 11 is 0. The average molecular weight is 280 g/mol. The summed E-state index contributed by atoms with van der Waals surface area (Å²) in [5.74, 6) is -0.503. The summed E-state index contributed by atoms with van der Waals surface area (Å²) in [5, 5.41) is 12.3. The van der Waals surface area contributed by atoms with Crippen molar-refractivity contribution < 1.29 is 19.0 Å². The molecule has 6 heteroatoms. The van der Waals surface area contributed by atoms with Gasteiger partial charge in [-0.3, -0.25) is 4.79 Å². The van der Waals surface area contributed by atoms with Crippen LogP contribution in [-0.2, 0) is 9.53 Å². The Hall–Kier alpha value is -1.66. The van der Waals surface area contributed by atoms with E-state index in [0.717, 1.165) is 5.69 Å². The third-order valence-corrected chi connectivity index (χ3v) is 3.86. The van der Waals surface area contributed by atoms with Gasteiger partial charge in [-0.05, 0) is 18.2 Å². The zero-order valence-corrected chi connectivity index (χ0v) is 11.1. The predicted molar refractivity (Wildman–Crippen MR) is 72.2 cm³/mol. The van der Waals surface area contributed by atoms with Crippen molar-refractivity contribution in [2.75, 3.05) is 43.1 Å². The number of aliphatic hydroxyl groups excluding tert-OH is 1. The Morgan fingerprint density at radius 1 is 1.45 bits per heavy atom. The molecule has 0 unspecified atom stereocenters. The Balaban J connectivity index is 1.90. The Morgan fingerprint density at radius 3 is 2.90 bits per heavy atom. The van der Waals surface area contributed by atoms with Gasteiger partial charge in [-0.2, -0.15) is 0 Å². The number of amides is 1. The summed E-state index contributed by atoms with van der Waals surface area (Å²) in [6.45, 7) is 2.21. The van der Waals surface area contributed by atoms with Crippen molar-refractivity contribution in [2.45, 2.75) is 6.42 Å². The van der Waals surface area contributed by atoms with Crippen molar-refractivity contribution >= 4 is 17.3 Å². The molecule has 0 aliphatic carbocycles. The van der Waals surface area contributed by atoms with Crippen molar-refractivity contribution in [3.05, 3.63) is 24.0 Å². The largest absolute Gasteiger partial charge is 0.396 e. The van der Waals surface area contributed by atoms with E-state index < -0.39 is 0 Å². The van der Waals surface area contributed by atoms with E-state index in [2.05, 4.69) is 5.32 Å². The van der Waals surface area contributed by atoms with Crippen LogP contribution in [0.1, 0.15) is 6.42 Å². The first-order chi connectivity index (χ1) is 9.62. The summed E-state index contributed by atoms with van der Waals surface area (Å²) in [6.07, 6.45) is 0.346. The molecule has 2 aliphatic heterocycles. The molecule has 108 valence electrons. The molecule has 1 aromatic rings. The van der Waals surface area contributed by atoms with Crippen LogP contribution in [0.4, 0.5) is 15.8 Å². The number of ether oxygens (including phenoxy) is 1. The highest BCUT2D eigenvalue weighted by atomic mass is 19.1. The molecule has 0 spiro atoms. The van der Waals surface area contributed by atoms with E-state index in [1.54, 1.807) is 6.07 Å². The molecular weight excluding hydrogens is 263 g/mol. The first-order valence-electron chi connectivity index (χ1n) is 6.65. The number of anilines is 2. The molecule has 0 bridgehead atoms. The number of aliphatic hydroxyl groups is 1. The van der Waals surface area contributed by atoms with Gasteiger partial charge in [0, 0.05) is 19.5 Å². The van der Waals surface area contributed by atoms with Gasteiger partial charge in [0.2, 0.25) is 5.91 Å². The number of nitrogens with one attached hydrogen (secondary N) is 1. The molecule has 1 amide bonds. The minimum atomic E-state index is -0.380. The number of rotatable bonds is 3. The van der Waals surface area contributed by atoms with Crippen molar-refractivity contribution in [1.29, 1.82) is 0 Å². The summed E-state index contributed by atoms with van der Waals surface area (Å²) in [7, 11) is 0. The van der Waals surface area contributed by atoms with Crippen molar-refractivity contribution in [3.8, 4) is 0 Å². The van der Waals surface area contributed by atoms with Gasteiger partial charge in [-0.25, -0.2) is 4.39 Å². The van der Waals surface area contributed by atoms with Gasteiger partial charge < -0.3 is 20.1 Å². The fourth-order valence-electron chi connectivity index (χ4n) is 2.65. The quantitative estimate of drug-likeness (QED) is 0.866. The Kier molecular flexibility index (Phi) is 3.35. The van der Waals surface area contributed by atoms with E-state index in [1.165, 1.54) is 12.1 Å². The van der Waals surface area contributed by atoms with Crippen LogP contribution < -0.4 is 10.2 Å². The highest BCUT2D eigenvalue weighted by Gasteiger charge is 2.40. The smallest absolute Gasteiger partial charge is 0.226 e. The first kappa shape index (κ1) is 13.3. The van der Waals surface area contributed by atoms with Gasteiger partial charge in [0.25, 0.3) is 0 Å². The number of carbonyl (C=O) groups is 1. The molecule has 3 rings (SSSR count). The molecule has 0 atom stereocenters. The second kappa shape index (κ2) is 5.03. The lowest BCUT2D eigenvalue weighted by Crippen LogP contribution is -2.53. The predicted octanol–water partition coefficient (Wildman–Crippen LogP) is 0.983. The molecule has 1 aromatic carbocycles. The number of nitrogens with zero attached hydrogens (tertiary/aromatic N) is 1. The average Bonchev–Trinajstić information content (AvgIpc) is 2.52. The number of hydrogen-bond acceptors (Lipinski definition) is 4. The van der Waals surface area contributed by atoms with Crippen molar-refractivity contribution in [3.63, 3.8) is 0 Å². The maximum absolute atomic E-state index is 13.3. The monoisotopic (exact) mass is 280 g/mol. The minimum Gasteiger partial charge on any atom is -0.396 e. The molecule has 2 heterocycles. The van der Waals surface area contributed by atoms with Gasteiger partial charge in [-0.1, -0.05) is 0 Å². The van der Waals surface area contributed by atoms with Crippen LogP contribution in [0.3, 0.4) is 0 Å². The molecule has 2 N–H and O–H groups in total. The molecule has 1 saturated heterocycles. The second-order valence-electron chi connectivity index (χ2n) is 5.53. The minimum absolute atomic E-state index is 0.0431. The first-order valence-corrected chi connectivity index (χ1v) is 6.65. The number of benzene rings is 1. The van der Waals surface area contributed by atoms with Gasteiger partial charge in [0.05, 0.1) is 36.6 Å². The van der Waals surface area contributed by atoms with E-state index in [-0.39, 0.29) is 23.7 Å². The molecule has 1 fully saturated rings. The Morgan fingerprint density at radius 2 is 2.25 bits per heavy atom. The Labute approximate surface area is 116 Å². The molecule has 0 saturated carbocycles. The van der Waals surface area contributed by atoms with Crippen molar-refractivity contribution in [1.82, 2.24) is 0 Å². The number of halogens is 1. The fraction of sp³-hybridized carbons (Fsp3) is 0.500. The summed E-state index contributed by atoms with van der Waals surface area (Å²) in [5.41, 5.74) is 0.997. The maximum atomic E-state index is 13.3. The molecular formula is C14H17FN2O3. The summed E-state index contributed by atoms with van der Waals surface area (Å²) in [4.78, 5) is 13.7. The normalized spacial score (nSPS) is 20.7. The third kappa shape index (κ3) is 2.36. The fourth-order valence-corrected chi connectivity index (χ4v) is 2.65. The lowest BCUT2D eigenvalue weighted by Gasteiger charge is -2.43. The standard InChI is InChI=1S/C14H17FN2O3/c15-10-1-2-12-11(5-10)16-13(19)3-4-17(12)6-14(7-18)8-20-9-14/h1-2,5,18H,3-4,6-9H2,(H,16,19). The van der Waals surface area contributed by atoms with Crippen LogP contribution >= 0.6 is 0 Å². The van der Waals surface area contributed by atoms with E-state index in [9.17, 15) is 14.3 Å². The van der Waals surface area contributed by atoms with Crippen molar-refractivity contribution in [2.24, 2.45) is 5.41 Å². The van der Waals surface area contributed by atoms with Crippen LogP contribution in [0.2, 0.25) is 0 Å². The van der Waals surface area contributed by atoms with Gasteiger partial charge in [-0.15, -0.1) is 0 Å². The van der Waals surface area contributed by atoms with Crippen LogP contribution in [0.5, 0.6) is 0 Å². The zero-order chi connectivity index (χ0) is 14.2. The lowest BCUT2D eigenvalue weighted by atomic mass is 9.86. The van der Waals surface area contributed by atoms with Gasteiger partial charge in [0.15, 0.2) is 0 Å².